The molecule has 2 aliphatic rings. The molecule has 0 spiro atoms. The van der Waals surface area contributed by atoms with Crippen molar-refractivity contribution in [3.8, 4) is 11.3 Å². The highest BCUT2D eigenvalue weighted by Gasteiger charge is 2.13. The van der Waals surface area contributed by atoms with Crippen molar-refractivity contribution in [1.29, 1.82) is 0 Å². The number of H-pyrrole nitrogens is 2. The van der Waals surface area contributed by atoms with E-state index in [0.29, 0.717) is 0 Å². The zero-order valence-corrected chi connectivity index (χ0v) is 18.1. The van der Waals surface area contributed by atoms with Gasteiger partial charge in [0, 0.05) is 38.9 Å². The first-order valence-electron chi connectivity index (χ1n) is 10.6. The van der Waals surface area contributed by atoms with Gasteiger partial charge in [-0.05, 0) is 48.6 Å². The van der Waals surface area contributed by atoms with Crippen molar-refractivity contribution in [3.63, 3.8) is 0 Å². The number of hydrogen-bond acceptors (Lipinski definition) is 5. The van der Waals surface area contributed by atoms with Gasteiger partial charge in [-0.15, -0.1) is 10.2 Å². The molecule has 0 saturated heterocycles. The fraction of sp³-hybridized carbons (Fsp3) is 0. The minimum absolute atomic E-state index is 0.719. The number of hydrogen-bond donors (Lipinski definition) is 2. The molecule has 0 unspecified atom stereocenters. The molecule has 0 fully saturated rings. The summed E-state index contributed by atoms with van der Waals surface area (Å²) in [5.74, 6) is 0. The number of furan rings is 2. The second kappa shape index (κ2) is 7.90. The molecule has 0 saturated carbocycles. The zero-order valence-electron chi connectivity index (χ0n) is 18.1. The van der Waals surface area contributed by atoms with Gasteiger partial charge in [-0.25, -0.2) is 0 Å². The van der Waals surface area contributed by atoms with Crippen LogP contribution in [-0.2, 0) is 0 Å². The molecule has 7 nitrogen and oxygen atoms in total. The van der Waals surface area contributed by atoms with Crippen LogP contribution in [0.25, 0.3) is 69.5 Å². The van der Waals surface area contributed by atoms with Gasteiger partial charge >= 0.3 is 0 Å². The number of rotatable bonds is 6. The molecular formula is C27H19N5O2. The maximum atomic E-state index is 5.31. The minimum atomic E-state index is 0.719. The zero-order chi connectivity index (χ0) is 23.1. The lowest BCUT2D eigenvalue weighted by Gasteiger charge is -1.93. The Morgan fingerprint density at radius 1 is 0.735 bits per heavy atom. The average Bonchev–Trinajstić information content (AvgIpc) is 3.64. The quantitative estimate of drug-likeness (QED) is 0.295. The first kappa shape index (κ1) is 19.8. The van der Waals surface area contributed by atoms with Crippen LogP contribution >= 0.6 is 0 Å². The topological polar surface area (TPSA) is 96.5 Å². The van der Waals surface area contributed by atoms with Crippen LogP contribution in [0.3, 0.4) is 0 Å². The lowest BCUT2D eigenvalue weighted by atomic mass is 10.1. The Balaban J connectivity index is 1.34. The summed E-state index contributed by atoms with van der Waals surface area (Å²) in [4.78, 5) is 11.1. The Morgan fingerprint density at radius 3 is 2.03 bits per heavy atom. The van der Waals surface area contributed by atoms with E-state index in [0.717, 1.165) is 67.0 Å². The SMILES string of the molecule is C=Cc1[nH]c2cocc2c1/C=C/c1ccc2c(/C=C/c3c(C=C)[nH]c4cocc34)nnc-2cn1. The third-order valence-electron chi connectivity index (χ3n) is 5.83. The first-order valence-corrected chi connectivity index (χ1v) is 10.6. The highest BCUT2D eigenvalue weighted by molar-refractivity contribution is 5.96. The third kappa shape index (κ3) is 3.18. The van der Waals surface area contributed by atoms with E-state index in [2.05, 4.69) is 38.3 Å². The maximum Gasteiger partial charge on any atom is 0.114 e. The number of aromatic nitrogens is 5. The smallest absolute Gasteiger partial charge is 0.114 e. The second-order valence-corrected chi connectivity index (χ2v) is 7.78. The van der Waals surface area contributed by atoms with Crippen molar-refractivity contribution >= 4 is 58.3 Å². The molecule has 0 radical (unpaired) electrons. The summed E-state index contributed by atoms with van der Waals surface area (Å²) in [6.07, 6.45) is 20.0. The summed E-state index contributed by atoms with van der Waals surface area (Å²) in [7, 11) is 0. The van der Waals surface area contributed by atoms with Crippen LogP contribution in [0.1, 0.15) is 33.9 Å². The number of fused-ring (bicyclic) bond motifs is 3. The molecule has 164 valence electrons. The lowest BCUT2D eigenvalue weighted by Crippen LogP contribution is -1.77. The average molecular weight is 445 g/mol. The third-order valence-corrected chi connectivity index (χ3v) is 5.83. The molecule has 2 N–H and O–H groups in total. The Bertz CT molecular complexity index is 1710. The Labute approximate surface area is 194 Å². The van der Waals surface area contributed by atoms with Crippen molar-refractivity contribution in [2.75, 3.05) is 0 Å². The highest BCUT2D eigenvalue weighted by atomic mass is 16.3. The molecule has 2 aliphatic heterocycles. The van der Waals surface area contributed by atoms with E-state index in [4.69, 9.17) is 8.83 Å². The van der Waals surface area contributed by atoms with E-state index in [9.17, 15) is 0 Å². The van der Waals surface area contributed by atoms with E-state index in [1.54, 1.807) is 43.4 Å². The first-order chi connectivity index (χ1) is 16.7. The van der Waals surface area contributed by atoms with Crippen LogP contribution < -0.4 is 0 Å². The molecule has 6 rings (SSSR count). The fourth-order valence-electron chi connectivity index (χ4n) is 4.11. The molecule has 0 amide bonds. The minimum Gasteiger partial charge on any atom is -0.470 e. The summed E-state index contributed by atoms with van der Waals surface area (Å²) in [5.41, 5.74) is 8.90. The lowest BCUT2D eigenvalue weighted by molar-refractivity contribution is 0.571. The molecule has 7 heteroatoms. The highest BCUT2D eigenvalue weighted by Crippen LogP contribution is 2.29. The summed E-state index contributed by atoms with van der Waals surface area (Å²) < 4.78 is 10.6. The molecular weight excluding hydrogens is 426 g/mol. The van der Waals surface area contributed by atoms with Crippen LogP contribution in [0.5, 0.6) is 0 Å². The molecule has 34 heavy (non-hydrogen) atoms. The van der Waals surface area contributed by atoms with Gasteiger partial charge in [0.25, 0.3) is 0 Å². The largest absolute Gasteiger partial charge is 0.470 e. The Morgan fingerprint density at radius 2 is 1.38 bits per heavy atom. The molecule has 0 atom stereocenters. The van der Waals surface area contributed by atoms with Gasteiger partial charge in [0.05, 0.1) is 28.6 Å². The van der Waals surface area contributed by atoms with Crippen molar-refractivity contribution in [2.45, 2.75) is 0 Å². The van der Waals surface area contributed by atoms with Crippen molar-refractivity contribution in [3.05, 3.63) is 90.4 Å². The predicted octanol–water partition coefficient (Wildman–Crippen LogP) is 6.75. The van der Waals surface area contributed by atoms with Crippen LogP contribution in [0.2, 0.25) is 0 Å². The van der Waals surface area contributed by atoms with Gasteiger partial charge in [-0.2, -0.15) is 0 Å². The Hall–Kier alpha value is -4.91. The van der Waals surface area contributed by atoms with Gasteiger partial charge in [0.15, 0.2) is 0 Å². The number of aromatic amines is 2. The van der Waals surface area contributed by atoms with E-state index in [-0.39, 0.29) is 0 Å². The fourth-order valence-corrected chi connectivity index (χ4v) is 4.11. The van der Waals surface area contributed by atoms with Crippen LogP contribution in [0, 0.1) is 0 Å². The van der Waals surface area contributed by atoms with Gasteiger partial charge < -0.3 is 18.8 Å². The monoisotopic (exact) mass is 445 g/mol. The van der Waals surface area contributed by atoms with Gasteiger partial charge in [0.2, 0.25) is 0 Å². The summed E-state index contributed by atoms with van der Waals surface area (Å²) in [5, 5.41) is 10.6. The summed E-state index contributed by atoms with van der Waals surface area (Å²) >= 11 is 0. The standard InChI is InChI=1S/C27H19N5O2/c1-3-22-17(20-12-33-14-26(20)29-22)7-5-16-6-8-19-24(31-32-25(19)11-28-16)10-9-18-21-13-34-15-27(21)30-23(18)4-2/h3-15,29-30H,1-2H2/b7-5+,10-9+. The molecule has 0 bridgehead atoms. The normalized spacial score (nSPS) is 12.1. The Kier molecular flexibility index (Phi) is 4.59. The molecule has 4 aromatic heterocycles. The van der Waals surface area contributed by atoms with E-state index in [1.165, 1.54) is 0 Å². The summed E-state index contributed by atoms with van der Waals surface area (Å²) in [6, 6.07) is 3.94. The number of nitrogens with zero attached hydrogens (tertiary/aromatic N) is 3. The van der Waals surface area contributed by atoms with Crippen molar-refractivity contribution in [2.24, 2.45) is 0 Å². The van der Waals surface area contributed by atoms with E-state index >= 15 is 0 Å². The van der Waals surface area contributed by atoms with Gasteiger partial charge in [0.1, 0.15) is 30.7 Å². The van der Waals surface area contributed by atoms with Crippen molar-refractivity contribution in [1.82, 2.24) is 25.1 Å². The molecule has 6 heterocycles. The van der Waals surface area contributed by atoms with Crippen LogP contribution in [-0.4, -0.2) is 25.1 Å². The van der Waals surface area contributed by atoms with Crippen molar-refractivity contribution < 1.29 is 8.83 Å². The molecule has 4 aromatic rings. The summed E-state index contributed by atoms with van der Waals surface area (Å²) in [6.45, 7) is 7.77. The second-order valence-electron chi connectivity index (χ2n) is 7.78. The number of nitrogens with one attached hydrogen (secondary N) is 2. The van der Waals surface area contributed by atoms with Gasteiger partial charge in [-0.1, -0.05) is 13.2 Å². The van der Waals surface area contributed by atoms with Crippen LogP contribution in [0.15, 0.2) is 65.4 Å². The molecule has 0 aromatic carbocycles. The van der Waals surface area contributed by atoms with E-state index < -0.39 is 0 Å². The maximum absolute atomic E-state index is 5.31. The van der Waals surface area contributed by atoms with E-state index in [1.807, 2.05) is 36.4 Å². The predicted molar refractivity (Wildman–Crippen MR) is 136 cm³/mol. The van der Waals surface area contributed by atoms with Gasteiger partial charge in [-0.3, -0.25) is 4.98 Å². The van der Waals surface area contributed by atoms with Crippen LogP contribution in [0.4, 0.5) is 0 Å². The molecule has 0 aliphatic carbocycles.